The van der Waals surface area contributed by atoms with Crippen molar-refractivity contribution in [2.75, 3.05) is 39.4 Å². The molecule has 2 aromatic rings. The van der Waals surface area contributed by atoms with Crippen molar-refractivity contribution >= 4 is 28.1 Å². The Balaban J connectivity index is 1.55. The van der Waals surface area contributed by atoms with E-state index in [-0.39, 0.29) is 29.0 Å². The second-order valence-electron chi connectivity index (χ2n) is 7.85. The number of rotatable bonds is 5. The van der Waals surface area contributed by atoms with E-state index in [1.165, 1.54) is 4.31 Å². The van der Waals surface area contributed by atoms with Crippen molar-refractivity contribution in [2.45, 2.75) is 24.7 Å². The van der Waals surface area contributed by atoms with Crippen molar-refractivity contribution in [2.24, 2.45) is 5.92 Å². The zero-order chi connectivity index (χ0) is 21.8. The molecule has 1 atom stereocenters. The molecule has 0 spiro atoms. The van der Waals surface area contributed by atoms with Crippen LogP contribution in [0.2, 0.25) is 0 Å². The van der Waals surface area contributed by atoms with Crippen molar-refractivity contribution in [3.05, 3.63) is 47.3 Å². The van der Waals surface area contributed by atoms with Gasteiger partial charge < -0.3 is 14.2 Å². The maximum Gasteiger partial charge on any atom is 0.248 e. The number of aromatic nitrogens is 1. The maximum atomic E-state index is 13.5. The second kappa shape index (κ2) is 9.33. The number of morpholine rings is 1. The monoisotopic (exact) mass is 445 g/mol. The summed E-state index contributed by atoms with van der Waals surface area (Å²) in [6, 6.07) is 9.56. The summed E-state index contributed by atoms with van der Waals surface area (Å²) in [6.45, 7) is 4.33. The van der Waals surface area contributed by atoms with Gasteiger partial charge in [0.15, 0.2) is 10.7 Å². The lowest BCUT2D eigenvalue weighted by atomic mass is 9.98. The van der Waals surface area contributed by atoms with Crippen LogP contribution in [0.4, 0.5) is 0 Å². The van der Waals surface area contributed by atoms with E-state index in [0.29, 0.717) is 51.4 Å². The Bertz CT molecular complexity index is 1040. The van der Waals surface area contributed by atoms with Crippen LogP contribution in [-0.2, 0) is 19.6 Å². The highest BCUT2D eigenvalue weighted by Gasteiger charge is 2.38. The number of sulfonamides is 1. The van der Waals surface area contributed by atoms with Crippen molar-refractivity contribution in [3.63, 3.8) is 0 Å². The highest BCUT2D eigenvalue weighted by molar-refractivity contribution is 7.89. The molecule has 2 saturated heterocycles. The van der Waals surface area contributed by atoms with Gasteiger partial charge in [0.25, 0.3) is 0 Å². The molecule has 1 amide bonds. The number of nitrogens with zero attached hydrogens (tertiary/aromatic N) is 3. The van der Waals surface area contributed by atoms with Gasteiger partial charge in [0.05, 0.1) is 19.1 Å². The number of carbonyl (C=O) groups is 1. The second-order valence-corrected chi connectivity index (χ2v) is 9.72. The van der Waals surface area contributed by atoms with E-state index in [9.17, 15) is 13.2 Å². The third-order valence-corrected chi connectivity index (χ3v) is 7.74. The molecule has 1 aromatic carbocycles. The van der Waals surface area contributed by atoms with Gasteiger partial charge in [-0.05, 0) is 31.4 Å². The number of hydrogen-bond acceptors (Lipinski definition) is 6. The first kappa shape index (κ1) is 21.7. The predicted octanol–water partition coefficient (Wildman–Crippen LogP) is 2.41. The first-order valence-electron chi connectivity index (χ1n) is 10.5. The Morgan fingerprint density at radius 3 is 2.61 bits per heavy atom. The lowest BCUT2D eigenvalue weighted by Gasteiger charge is -2.35. The number of piperidine rings is 1. The first-order valence-corrected chi connectivity index (χ1v) is 12.0. The molecular formula is C22H27N3O5S. The largest absolute Gasteiger partial charge is 0.378 e. The molecule has 0 bridgehead atoms. The molecule has 8 nitrogen and oxygen atoms in total. The van der Waals surface area contributed by atoms with Gasteiger partial charge in [-0.15, -0.1) is 0 Å². The van der Waals surface area contributed by atoms with E-state index in [2.05, 4.69) is 5.16 Å². The highest BCUT2D eigenvalue weighted by Crippen LogP contribution is 2.30. The zero-order valence-electron chi connectivity index (χ0n) is 17.6. The van der Waals surface area contributed by atoms with Crippen LogP contribution in [0.15, 0.2) is 39.8 Å². The average Bonchev–Trinajstić information content (AvgIpc) is 3.19. The molecule has 0 saturated carbocycles. The third-order valence-electron chi connectivity index (χ3n) is 5.71. The first-order chi connectivity index (χ1) is 15.0. The minimum atomic E-state index is -3.85. The van der Waals surface area contributed by atoms with Crippen molar-refractivity contribution < 1.29 is 22.5 Å². The van der Waals surface area contributed by atoms with E-state index in [1.807, 2.05) is 30.3 Å². The number of aryl methyl sites for hydroxylation is 1. The zero-order valence-corrected chi connectivity index (χ0v) is 18.4. The molecule has 0 N–H and O–H groups in total. The molecule has 31 heavy (non-hydrogen) atoms. The molecule has 9 heteroatoms. The number of amides is 1. The van der Waals surface area contributed by atoms with Crippen LogP contribution in [0.5, 0.6) is 0 Å². The number of benzene rings is 1. The summed E-state index contributed by atoms with van der Waals surface area (Å²) in [5.41, 5.74) is 1.24. The van der Waals surface area contributed by atoms with E-state index in [0.717, 1.165) is 5.56 Å². The van der Waals surface area contributed by atoms with Crippen LogP contribution < -0.4 is 0 Å². The van der Waals surface area contributed by atoms with Crippen LogP contribution in [0.1, 0.15) is 29.9 Å². The van der Waals surface area contributed by atoms with Crippen LogP contribution in [-0.4, -0.2) is 68.1 Å². The van der Waals surface area contributed by atoms with Gasteiger partial charge in [0.2, 0.25) is 15.9 Å². The fraction of sp³-hybridized carbons (Fsp3) is 0.455. The van der Waals surface area contributed by atoms with Gasteiger partial charge in [-0.3, -0.25) is 4.79 Å². The maximum absolute atomic E-state index is 13.5. The minimum Gasteiger partial charge on any atom is -0.378 e. The molecular weight excluding hydrogens is 418 g/mol. The number of carbonyl (C=O) groups excluding carboxylic acids is 1. The summed E-state index contributed by atoms with van der Waals surface area (Å²) in [5.74, 6) is -0.137. The molecule has 2 fully saturated rings. The van der Waals surface area contributed by atoms with Gasteiger partial charge in [0.1, 0.15) is 5.69 Å². The summed E-state index contributed by atoms with van der Waals surface area (Å²) in [7, 11) is -3.85. The summed E-state index contributed by atoms with van der Waals surface area (Å²) in [4.78, 5) is 14.8. The average molecular weight is 446 g/mol. The molecule has 4 rings (SSSR count). The Morgan fingerprint density at radius 2 is 1.87 bits per heavy atom. The molecule has 1 aromatic heterocycles. The Kier molecular flexibility index (Phi) is 6.54. The van der Waals surface area contributed by atoms with E-state index >= 15 is 0 Å². The fourth-order valence-electron chi connectivity index (χ4n) is 4.07. The summed E-state index contributed by atoms with van der Waals surface area (Å²) in [6.07, 6.45) is 4.74. The molecule has 0 unspecified atom stereocenters. The van der Waals surface area contributed by atoms with Gasteiger partial charge in [-0.1, -0.05) is 41.6 Å². The smallest absolute Gasteiger partial charge is 0.248 e. The van der Waals surface area contributed by atoms with E-state index in [4.69, 9.17) is 9.26 Å². The van der Waals surface area contributed by atoms with E-state index in [1.54, 1.807) is 24.0 Å². The van der Waals surface area contributed by atoms with Crippen molar-refractivity contribution in [1.82, 2.24) is 14.4 Å². The normalized spacial score (nSPS) is 20.9. The summed E-state index contributed by atoms with van der Waals surface area (Å²) >= 11 is 0. The lowest BCUT2D eigenvalue weighted by molar-refractivity contribution is -0.140. The van der Waals surface area contributed by atoms with E-state index < -0.39 is 10.0 Å². The third kappa shape index (κ3) is 4.73. The van der Waals surface area contributed by atoms with Gasteiger partial charge in [-0.25, -0.2) is 8.42 Å². The minimum absolute atomic E-state index is 0.00874. The van der Waals surface area contributed by atoms with Crippen LogP contribution in [0.3, 0.4) is 0 Å². The molecule has 2 aliphatic rings. The van der Waals surface area contributed by atoms with Crippen LogP contribution in [0.25, 0.3) is 12.2 Å². The Morgan fingerprint density at radius 1 is 1.13 bits per heavy atom. The molecule has 2 aliphatic heterocycles. The standard InChI is InChI=1S/C22H27N3O5S/c1-17-21(20(30-23-17)10-9-18-6-3-2-4-7-18)31(27,28)25-11-5-8-19(16-25)22(26)24-12-14-29-15-13-24/h2-4,6-7,9-10,19H,5,8,11-16H2,1H3/b10-9+/t19-/m1/s1. The highest BCUT2D eigenvalue weighted by atomic mass is 32.2. The van der Waals surface area contributed by atoms with Gasteiger partial charge in [0, 0.05) is 26.2 Å². The van der Waals surface area contributed by atoms with Crippen molar-refractivity contribution in [1.29, 1.82) is 0 Å². The molecule has 3 heterocycles. The summed E-state index contributed by atoms with van der Waals surface area (Å²) in [5, 5.41) is 3.90. The van der Waals surface area contributed by atoms with Crippen LogP contribution >= 0.6 is 0 Å². The topological polar surface area (TPSA) is 93.0 Å². The number of ether oxygens (including phenoxy) is 1. The Hall–Kier alpha value is -2.49. The SMILES string of the molecule is Cc1noc(/C=C/c2ccccc2)c1S(=O)(=O)N1CCC[C@@H](C(=O)N2CCOCC2)C1. The summed E-state index contributed by atoms with van der Waals surface area (Å²) < 4.78 is 39.0. The van der Waals surface area contributed by atoms with Crippen LogP contribution in [0, 0.1) is 12.8 Å². The van der Waals surface area contributed by atoms with Crippen molar-refractivity contribution in [3.8, 4) is 0 Å². The number of hydrogen-bond donors (Lipinski definition) is 0. The molecule has 166 valence electrons. The van der Waals surface area contributed by atoms with Gasteiger partial charge in [-0.2, -0.15) is 4.31 Å². The lowest BCUT2D eigenvalue weighted by Crippen LogP contribution is -2.49. The quantitative estimate of drug-likeness (QED) is 0.702. The Labute approximate surface area is 182 Å². The predicted molar refractivity (Wildman–Crippen MR) is 115 cm³/mol. The van der Waals surface area contributed by atoms with Gasteiger partial charge >= 0.3 is 0 Å². The fourth-order valence-corrected chi connectivity index (χ4v) is 5.84. The molecule has 0 radical (unpaired) electrons. The molecule has 0 aliphatic carbocycles.